The van der Waals surface area contributed by atoms with Gasteiger partial charge in [-0.2, -0.15) is 0 Å². The molecule has 0 heterocycles. The average molecular weight is 212 g/mol. The van der Waals surface area contributed by atoms with E-state index in [1.807, 2.05) is 0 Å². The first kappa shape index (κ1) is 12.5. The van der Waals surface area contributed by atoms with Gasteiger partial charge in [0, 0.05) is 0 Å². The molecule has 88 valence electrons. The van der Waals surface area contributed by atoms with E-state index in [0.717, 1.165) is 6.42 Å². The van der Waals surface area contributed by atoms with E-state index in [4.69, 9.17) is 5.11 Å². The molecular formula is C13H24O2. The third-order valence-corrected chi connectivity index (χ3v) is 4.29. The van der Waals surface area contributed by atoms with Crippen molar-refractivity contribution in [3.63, 3.8) is 0 Å². The van der Waals surface area contributed by atoms with Crippen LogP contribution in [0.5, 0.6) is 0 Å². The predicted molar refractivity (Wildman–Crippen MR) is 61.8 cm³/mol. The molecule has 0 aromatic heterocycles. The third-order valence-electron chi connectivity index (χ3n) is 4.29. The van der Waals surface area contributed by atoms with Gasteiger partial charge < -0.3 is 5.11 Å². The summed E-state index contributed by atoms with van der Waals surface area (Å²) in [7, 11) is 0. The summed E-state index contributed by atoms with van der Waals surface area (Å²) in [4.78, 5) is 10.9. The molecule has 2 heteroatoms. The first-order valence-electron chi connectivity index (χ1n) is 6.21. The Balaban J connectivity index is 2.75. The highest BCUT2D eigenvalue weighted by Gasteiger charge is 2.40. The Morgan fingerprint density at radius 2 is 2.20 bits per heavy atom. The van der Waals surface area contributed by atoms with E-state index in [1.165, 1.54) is 25.7 Å². The predicted octanol–water partition coefficient (Wildman–Crippen LogP) is 3.70. The highest BCUT2D eigenvalue weighted by Crippen LogP contribution is 2.47. The van der Waals surface area contributed by atoms with Gasteiger partial charge in [0.2, 0.25) is 0 Å². The van der Waals surface area contributed by atoms with Crippen molar-refractivity contribution < 1.29 is 9.90 Å². The average Bonchev–Trinajstić information content (AvgIpc) is 2.15. The fraction of sp³-hybridized carbons (Fsp3) is 0.923. The monoisotopic (exact) mass is 212 g/mol. The van der Waals surface area contributed by atoms with Gasteiger partial charge in [-0.3, -0.25) is 4.79 Å². The second kappa shape index (κ2) is 5.00. The Morgan fingerprint density at radius 1 is 1.53 bits per heavy atom. The van der Waals surface area contributed by atoms with E-state index in [0.29, 0.717) is 18.3 Å². The Morgan fingerprint density at radius 3 is 2.73 bits per heavy atom. The molecule has 1 aliphatic carbocycles. The molecule has 1 saturated carbocycles. The number of carbonyl (C=O) groups is 1. The SMILES string of the molecule is CCC(C)C1CCCCC1(C)CC(=O)O. The first-order chi connectivity index (χ1) is 6.99. The van der Waals surface area contributed by atoms with Gasteiger partial charge in [-0.15, -0.1) is 0 Å². The molecule has 1 fully saturated rings. The smallest absolute Gasteiger partial charge is 0.303 e. The molecule has 0 bridgehead atoms. The molecule has 0 saturated heterocycles. The van der Waals surface area contributed by atoms with Crippen molar-refractivity contribution in [3.05, 3.63) is 0 Å². The fourth-order valence-corrected chi connectivity index (χ4v) is 3.25. The van der Waals surface area contributed by atoms with Crippen molar-refractivity contribution in [1.29, 1.82) is 0 Å². The molecule has 1 rings (SSSR count). The molecule has 0 spiro atoms. The van der Waals surface area contributed by atoms with Gasteiger partial charge >= 0.3 is 5.97 Å². The standard InChI is InChI=1S/C13H24O2/c1-4-10(2)11-7-5-6-8-13(11,3)9-12(14)15/h10-11H,4-9H2,1-3H3,(H,14,15). The van der Waals surface area contributed by atoms with Gasteiger partial charge in [0.25, 0.3) is 0 Å². The number of hydrogen-bond acceptors (Lipinski definition) is 1. The number of rotatable bonds is 4. The maximum Gasteiger partial charge on any atom is 0.303 e. The summed E-state index contributed by atoms with van der Waals surface area (Å²) in [5, 5.41) is 9.00. The van der Waals surface area contributed by atoms with E-state index in [1.54, 1.807) is 0 Å². The Hall–Kier alpha value is -0.530. The van der Waals surface area contributed by atoms with Crippen LogP contribution in [-0.2, 0) is 4.79 Å². The molecule has 0 aromatic rings. The van der Waals surface area contributed by atoms with Crippen LogP contribution in [-0.4, -0.2) is 11.1 Å². The van der Waals surface area contributed by atoms with Crippen LogP contribution < -0.4 is 0 Å². The number of carboxylic acids is 1. The van der Waals surface area contributed by atoms with E-state index < -0.39 is 5.97 Å². The molecule has 0 aromatic carbocycles. The minimum atomic E-state index is -0.632. The molecule has 0 aliphatic heterocycles. The molecule has 1 N–H and O–H groups in total. The highest BCUT2D eigenvalue weighted by molar-refractivity contribution is 5.67. The van der Waals surface area contributed by atoms with Crippen LogP contribution in [0.4, 0.5) is 0 Å². The zero-order chi connectivity index (χ0) is 11.5. The number of carboxylic acid groups (broad SMARTS) is 1. The normalized spacial score (nSPS) is 33.7. The third kappa shape index (κ3) is 2.96. The van der Waals surface area contributed by atoms with E-state index in [2.05, 4.69) is 20.8 Å². The van der Waals surface area contributed by atoms with Gasteiger partial charge in [0.05, 0.1) is 6.42 Å². The first-order valence-corrected chi connectivity index (χ1v) is 6.21. The van der Waals surface area contributed by atoms with Crippen molar-refractivity contribution >= 4 is 5.97 Å². The summed E-state index contributed by atoms with van der Waals surface area (Å²) in [6.07, 6.45) is 6.32. The van der Waals surface area contributed by atoms with Crippen molar-refractivity contribution in [2.45, 2.75) is 59.3 Å². The molecule has 3 atom stereocenters. The van der Waals surface area contributed by atoms with Crippen LogP contribution >= 0.6 is 0 Å². The van der Waals surface area contributed by atoms with Gasteiger partial charge in [-0.25, -0.2) is 0 Å². The lowest BCUT2D eigenvalue weighted by molar-refractivity contribution is -0.141. The molecular weight excluding hydrogens is 188 g/mol. The van der Waals surface area contributed by atoms with Crippen molar-refractivity contribution in [2.24, 2.45) is 17.3 Å². The topological polar surface area (TPSA) is 37.3 Å². The Bertz CT molecular complexity index is 225. The van der Waals surface area contributed by atoms with Crippen molar-refractivity contribution in [3.8, 4) is 0 Å². The minimum Gasteiger partial charge on any atom is -0.481 e. The number of aliphatic carboxylic acids is 1. The molecule has 2 nitrogen and oxygen atoms in total. The zero-order valence-corrected chi connectivity index (χ0v) is 10.3. The van der Waals surface area contributed by atoms with Crippen LogP contribution in [0.3, 0.4) is 0 Å². The number of hydrogen-bond donors (Lipinski definition) is 1. The lowest BCUT2D eigenvalue weighted by atomic mass is 9.61. The summed E-state index contributed by atoms with van der Waals surface area (Å²) in [5.41, 5.74) is 0.0412. The van der Waals surface area contributed by atoms with Crippen LogP contribution in [0.25, 0.3) is 0 Å². The van der Waals surface area contributed by atoms with E-state index in [9.17, 15) is 4.79 Å². The Labute approximate surface area is 93.1 Å². The van der Waals surface area contributed by atoms with Crippen LogP contribution in [0.1, 0.15) is 59.3 Å². The van der Waals surface area contributed by atoms with Gasteiger partial charge in [-0.1, -0.05) is 40.0 Å². The maximum absolute atomic E-state index is 10.9. The van der Waals surface area contributed by atoms with Crippen molar-refractivity contribution in [1.82, 2.24) is 0 Å². The van der Waals surface area contributed by atoms with Crippen LogP contribution in [0, 0.1) is 17.3 Å². The molecule has 1 aliphatic rings. The van der Waals surface area contributed by atoms with Gasteiger partial charge in [-0.05, 0) is 30.1 Å². The summed E-state index contributed by atoms with van der Waals surface area (Å²) in [5.74, 6) is 0.634. The second-order valence-corrected chi connectivity index (χ2v) is 5.46. The van der Waals surface area contributed by atoms with E-state index >= 15 is 0 Å². The molecule has 15 heavy (non-hydrogen) atoms. The largest absolute Gasteiger partial charge is 0.481 e. The molecule has 3 unspecified atom stereocenters. The summed E-state index contributed by atoms with van der Waals surface area (Å²) >= 11 is 0. The second-order valence-electron chi connectivity index (χ2n) is 5.46. The molecule has 0 radical (unpaired) electrons. The summed E-state index contributed by atoms with van der Waals surface area (Å²) in [6.45, 7) is 6.66. The van der Waals surface area contributed by atoms with Crippen LogP contribution in [0.2, 0.25) is 0 Å². The quantitative estimate of drug-likeness (QED) is 0.771. The lowest BCUT2D eigenvalue weighted by Crippen LogP contribution is -2.36. The molecule has 0 amide bonds. The minimum absolute atomic E-state index is 0.0412. The van der Waals surface area contributed by atoms with Gasteiger partial charge in [0.1, 0.15) is 0 Å². The lowest BCUT2D eigenvalue weighted by Gasteiger charge is -2.43. The zero-order valence-electron chi connectivity index (χ0n) is 10.3. The van der Waals surface area contributed by atoms with Gasteiger partial charge in [0.15, 0.2) is 0 Å². The van der Waals surface area contributed by atoms with E-state index in [-0.39, 0.29) is 5.41 Å². The van der Waals surface area contributed by atoms with Crippen molar-refractivity contribution in [2.75, 3.05) is 0 Å². The summed E-state index contributed by atoms with van der Waals surface area (Å²) in [6, 6.07) is 0. The fourth-order valence-electron chi connectivity index (χ4n) is 3.25. The Kier molecular flexibility index (Phi) is 4.18. The maximum atomic E-state index is 10.9. The summed E-state index contributed by atoms with van der Waals surface area (Å²) < 4.78 is 0. The highest BCUT2D eigenvalue weighted by atomic mass is 16.4. The van der Waals surface area contributed by atoms with Crippen LogP contribution in [0.15, 0.2) is 0 Å².